The zero-order valence-corrected chi connectivity index (χ0v) is 21.4. The normalized spacial score (nSPS) is 18.7. The highest BCUT2D eigenvalue weighted by atomic mass is 16.5. The molecule has 1 aliphatic heterocycles. The number of carboxylic acid groups (broad SMARTS) is 1. The zero-order chi connectivity index (χ0) is 26.2. The average molecular weight is 507 g/mol. The number of carbonyl (C=O) groups is 2. The third kappa shape index (κ3) is 6.13. The number of methoxy groups -OCH3 is 2. The maximum atomic E-state index is 13.2. The van der Waals surface area contributed by atoms with Gasteiger partial charge in [0.1, 0.15) is 11.3 Å². The molecule has 0 spiro atoms. The zero-order valence-electron chi connectivity index (χ0n) is 21.4. The van der Waals surface area contributed by atoms with E-state index >= 15 is 0 Å². The summed E-state index contributed by atoms with van der Waals surface area (Å²) in [5.41, 5.74) is 2.03. The molecular formula is C29H34N2O6. The summed E-state index contributed by atoms with van der Waals surface area (Å²) >= 11 is 0. The number of fused-ring (bicyclic) bond motifs is 1. The number of nitrogens with zero attached hydrogens (tertiary/aromatic N) is 2. The van der Waals surface area contributed by atoms with Gasteiger partial charge in [-0.2, -0.15) is 5.10 Å². The minimum atomic E-state index is -0.995. The van der Waals surface area contributed by atoms with E-state index in [-0.39, 0.29) is 23.3 Å². The summed E-state index contributed by atoms with van der Waals surface area (Å²) in [5.74, 6) is 0.735. The van der Waals surface area contributed by atoms with Gasteiger partial charge in [-0.05, 0) is 62.4 Å². The lowest BCUT2D eigenvalue weighted by Gasteiger charge is -2.37. The highest BCUT2D eigenvalue weighted by Gasteiger charge is 2.39. The standard InChI is InChI=1S/C29H34N2O6/c1-35-25-16-15-20(19-26(25)36-2)27-21-11-5-6-12-22(21)28(32)31(30-27)17-9-3-4-10-18-37-24-14-8-7-13-23(24)29(33)34/h5-8,13-16,19,21-22H,3-4,9-12,17-18H2,1-2H3,(H,33,34)/t21-,22+/m1/s1. The minimum absolute atomic E-state index is 0.0534. The molecular weight excluding hydrogens is 472 g/mol. The molecule has 2 atom stereocenters. The number of carbonyl (C=O) groups excluding carboxylic acids is 1. The molecule has 0 bridgehead atoms. The number of allylic oxidation sites excluding steroid dienone is 2. The Morgan fingerprint density at radius 1 is 0.946 bits per heavy atom. The van der Waals surface area contributed by atoms with E-state index in [4.69, 9.17) is 19.3 Å². The number of carboxylic acids is 1. The molecule has 8 heteroatoms. The second-order valence-corrected chi connectivity index (χ2v) is 9.24. The summed E-state index contributed by atoms with van der Waals surface area (Å²) in [4.78, 5) is 24.5. The molecule has 37 heavy (non-hydrogen) atoms. The fraction of sp³-hybridized carbons (Fsp3) is 0.414. The van der Waals surface area contributed by atoms with E-state index < -0.39 is 5.97 Å². The van der Waals surface area contributed by atoms with E-state index in [2.05, 4.69) is 12.2 Å². The van der Waals surface area contributed by atoms with Crippen LogP contribution in [-0.4, -0.2) is 55.1 Å². The summed E-state index contributed by atoms with van der Waals surface area (Å²) in [5, 5.41) is 15.7. The van der Waals surface area contributed by atoms with E-state index in [1.807, 2.05) is 18.2 Å². The summed E-state index contributed by atoms with van der Waals surface area (Å²) < 4.78 is 16.6. The summed E-state index contributed by atoms with van der Waals surface area (Å²) in [6.45, 7) is 1.01. The maximum Gasteiger partial charge on any atom is 0.339 e. The Morgan fingerprint density at radius 2 is 1.68 bits per heavy atom. The molecule has 0 radical (unpaired) electrons. The number of para-hydroxylation sites is 1. The van der Waals surface area contributed by atoms with Crippen LogP contribution in [0.2, 0.25) is 0 Å². The molecule has 0 fully saturated rings. The number of hydrogen-bond acceptors (Lipinski definition) is 6. The predicted octanol–water partition coefficient (Wildman–Crippen LogP) is 5.17. The van der Waals surface area contributed by atoms with Gasteiger partial charge in [0.25, 0.3) is 0 Å². The van der Waals surface area contributed by atoms with Crippen LogP contribution in [-0.2, 0) is 4.79 Å². The highest BCUT2D eigenvalue weighted by Crippen LogP contribution is 2.37. The molecule has 4 rings (SSSR count). The molecule has 2 aliphatic rings. The first-order valence-electron chi connectivity index (χ1n) is 12.8. The number of amides is 1. The molecule has 2 aromatic rings. The number of aromatic carboxylic acids is 1. The topological polar surface area (TPSA) is 97.7 Å². The van der Waals surface area contributed by atoms with Crippen molar-refractivity contribution in [3.8, 4) is 17.2 Å². The largest absolute Gasteiger partial charge is 0.493 e. The van der Waals surface area contributed by atoms with Crippen LogP contribution >= 0.6 is 0 Å². The molecule has 1 N–H and O–H groups in total. The van der Waals surface area contributed by atoms with Gasteiger partial charge in [-0.3, -0.25) is 4.79 Å². The maximum absolute atomic E-state index is 13.2. The van der Waals surface area contributed by atoms with E-state index in [0.29, 0.717) is 30.4 Å². The van der Waals surface area contributed by atoms with Crippen LogP contribution in [0.25, 0.3) is 0 Å². The van der Waals surface area contributed by atoms with Gasteiger partial charge in [0.05, 0.1) is 32.5 Å². The molecule has 1 aliphatic carbocycles. The monoisotopic (exact) mass is 506 g/mol. The number of benzene rings is 2. The Hall–Kier alpha value is -3.81. The highest BCUT2D eigenvalue weighted by molar-refractivity contribution is 6.07. The van der Waals surface area contributed by atoms with Crippen LogP contribution in [0.15, 0.2) is 59.7 Å². The van der Waals surface area contributed by atoms with Gasteiger partial charge >= 0.3 is 5.97 Å². The van der Waals surface area contributed by atoms with E-state index in [0.717, 1.165) is 49.8 Å². The Labute approximate surface area is 217 Å². The van der Waals surface area contributed by atoms with Crippen molar-refractivity contribution in [2.45, 2.75) is 38.5 Å². The Bertz CT molecular complexity index is 1170. The predicted molar refractivity (Wildman–Crippen MR) is 141 cm³/mol. The second-order valence-electron chi connectivity index (χ2n) is 9.24. The molecule has 0 aromatic heterocycles. The number of rotatable bonds is 12. The second kappa shape index (κ2) is 12.4. The van der Waals surface area contributed by atoms with Crippen LogP contribution in [0.1, 0.15) is 54.4 Å². The minimum Gasteiger partial charge on any atom is -0.493 e. The Kier molecular flexibility index (Phi) is 8.82. The molecule has 2 aromatic carbocycles. The van der Waals surface area contributed by atoms with Gasteiger partial charge in [0.2, 0.25) is 5.91 Å². The molecule has 0 saturated carbocycles. The van der Waals surface area contributed by atoms with E-state index in [9.17, 15) is 14.7 Å². The molecule has 1 heterocycles. The SMILES string of the molecule is COc1ccc(C2=NN(CCCCCCOc3ccccc3C(=O)O)C(=O)[C@H]3CC=CC[C@@H]23)cc1OC. The summed E-state index contributed by atoms with van der Waals surface area (Å²) in [6.07, 6.45) is 9.21. The van der Waals surface area contributed by atoms with Gasteiger partial charge in [0.15, 0.2) is 11.5 Å². The lowest BCUT2D eigenvalue weighted by atomic mass is 9.76. The Morgan fingerprint density at radius 3 is 2.43 bits per heavy atom. The van der Waals surface area contributed by atoms with Crippen molar-refractivity contribution >= 4 is 17.6 Å². The first-order valence-corrected chi connectivity index (χ1v) is 12.8. The third-order valence-electron chi connectivity index (χ3n) is 6.90. The van der Waals surface area contributed by atoms with Crippen LogP contribution in [0.5, 0.6) is 17.2 Å². The smallest absolute Gasteiger partial charge is 0.339 e. The molecule has 196 valence electrons. The van der Waals surface area contributed by atoms with Gasteiger partial charge in [-0.15, -0.1) is 0 Å². The number of unbranched alkanes of at least 4 members (excludes halogenated alkanes) is 3. The number of hydrogen-bond donors (Lipinski definition) is 1. The van der Waals surface area contributed by atoms with Crippen molar-refractivity contribution in [3.63, 3.8) is 0 Å². The van der Waals surface area contributed by atoms with Crippen molar-refractivity contribution in [3.05, 3.63) is 65.7 Å². The van der Waals surface area contributed by atoms with Gasteiger partial charge in [-0.25, -0.2) is 9.80 Å². The third-order valence-corrected chi connectivity index (χ3v) is 6.90. The molecule has 0 saturated heterocycles. The van der Waals surface area contributed by atoms with Crippen LogP contribution in [0.4, 0.5) is 0 Å². The number of ether oxygens (including phenoxy) is 3. The molecule has 8 nitrogen and oxygen atoms in total. The average Bonchev–Trinajstić information content (AvgIpc) is 2.93. The van der Waals surface area contributed by atoms with Crippen molar-refractivity contribution < 1.29 is 28.9 Å². The fourth-order valence-electron chi connectivity index (χ4n) is 4.93. The summed E-state index contributed by atoms with van der Waals surface area (Å²) in [6, 6.07) is 12.4. The first-order chi connectivity index (χ1) is 18.0. The first kappa shape index (κ1) is 26.3. The van der Waals surface area contributed by atoms with Crippen molar-refractivity contribution in [2.24, 2.45) is 16.9 Å². The van der Waals surface area contributed by atoms with Crippen molar-refractivity contribution in [1.29, 1.82) is 0 Å². The van der Waals surface area contributed by atoms with Gasteiger partial charge in [0, 0.05) is 18.0 Å². The Balaban J connectivity index is 1.34. The van der Waals surface area contributed by atoms with Gasteiger partial charge < -0.3 is 19.3 Å². The van der Waals surface area contributed by atoms with Crippen LogP contribution in [0, 0.1) is 11.8 Å². The lowest BCUT2D eigenvalue weighted by molar-refractivity contribution is -0.137. The molecule has 1 amide bonds. The van der Waals surface area contributed by atoms with Crippen LogP contribution < -0.4 is 14.2 Å². The van der Waals surface area contributed by atoms with E-state index in [1.165, 1.54) is 6.07 Å². The summed E-state index contributed by atoms with van der Waals surface area (Å²) in [7, 11) is 3.22. The van der Waals surface area contributed by atoms with Crippen LogP contribution in [0.3, 0.4) is 0 Å². The quantitative estimate of drug-likeness (QED) is 0.315. The number of hydrazone groups is 1. The van der Waals surface area contributed by atoms with Crippen molar-refractivity contribution in [1.82, 2.24) is 5.01 Å². The van der Waals surface area contributed by atoms with Gasteiger partial charge in [-0.1, -0.05) is 30.7 Å². The fourth-order valence-corrected chi connectivity index (χ4v) is 4.93. The molecule has 0 unspecified atom stereocenters. The lowest BCUT2D eigenvalue weighted by Crippen LogP contribution is -2.45. The van der Waals surface area contributed by atoms with Crippen molar-refractivity contribution in [2.75, 3.05) is 27.4 Å². The van der Waals surface area contributed by atoms with E-state index in [1.54, 1.807) is 37.4 Å².